The highest BCUT2D eigenvalue weighted by Crippen LogP contribution is 2.33. The van der Waals surface area contributed by atoms with E-state index < -0.39 is 16.1 Å². The van der Waals surface area contributed by atoms with Crippen LogP contribution in [-0.2, 0) is 14.8 Å². The van der Waals surface area contributed by atoms with Gasteiger partial charge in [-0.25, -0.2) is 18.4 Å². The molecule has 0 saturated carbocycles. The second kappa shape index (κ2) is 6.17. The molecule has 0 spiro atoms. The number of hydrogen-bond acceptors (Lipinski definition) is 6. The standard InChI is InChI=1S/C17H21N5O3S/c1-20-10-11-21(17(23)14-8-5-9-22(14)26(2,24)25)16-15(20)18-12-6-3-4-7-13(12)19-16/h3-4,6-7,14H,5,8-11H2,1-2H3. The summed E-state index contributed by atoms with van der Waals surface area (Å²) in [7, 11) is -1.50. The normalized spacial score (nSPS) is 21.2. The fourth-order valence-electron chi connectivity index (χ4n) is 3.66. The lowest BCUT2D eigenvalue weighted by Gasteiger charge is -2.36. The van der Waals surface area contributed by atoms with Crippen molar-refractivity contribution in [2.45, 2.75) is 18.9 Å². The molecule has 2 aliphatic heterocycles. The first-order chi connectivity index (χ1) is 12.4. The number of carbonyl (C=O) groups excluding carboxylic acids is 1. The molecule has 1 aromatic heterocycles. The summed E-state index contributed by atoms with van der Waals surface area (Å²) in [5.74, 6) is 0.932. The van der Waals surface area contributed by atoms with Crippen molar-refractivity contribution in [3.8, 4) is 0 Å². The van der Waals surface area contributed by atoms with Gasteiger partial charge < -0.3 is 4.90 Å². The lowest BCUT2D eigenvalue weighted by Crippen LogP contribution is -2.51. The summed E-state index contributed by atoms with van der Waals surface area (Å²) in [6.45, 7) is 1.47. The number of hydrogen-bond donors (Lipinski definition) is 0. The van der Waals surface area contributed by atoms with Gasteiger partial charge in [0.1, 0.15) is 6.04 Å². The van der Waals surface area contributed by atoms with Crippen LogP contribution >= 0.6 is 0 Å². The Morgan fingerprint density at radius 2 is 1.73 bits per heavy atom. The molecule has 1 saturated heterocycles. The number of amides is 1. The van der Waals surface area contributed by atoms with Crippen LogP contribution in [0.3, 0.4) is 0 Å². The van der Waals surface area contributed by atoms with Crippen LogP contribution in [0.2, 0.25) is 0 Å². The summed E-state index contributed by atoms with van der Waals surface area (Å²) in [6, 6.07) is 6.87. The molecule has 0 radical (unpaired) electrons. The van der Waals surface area contributed by atoms with E-state index in [0.29, 0.717) is 49.6 Å². The molecule has 138 valence electrons. The van der Waals surface area contributed by atoms with Crippen molar-refractivity contribution >= 4 is 38.6 Å². The number of aromatic nitrogens is 2. The van der Waals surface area contributed by atoms with Crippen LogP contribution < -0.4 is 9.80 Å². The fraction of sp³-hybridized carbons (Fsp3) is 0.471. The largest absolute Gasteiger partial charge is 0.355 e. The second-order valence-corrected chi connectivity index (χ2v) is 8.74. The Kier molecular flexibility index (Phi) is 4.07. The number of carbonyl (C=O) groups is 1. The molecule has 0 bridgehead atoms. The fourth-order valence-corrected chi connectivity index (χ4v) is 4.78. The van der Waals surface area contributed by atoms with Gasteiger partial charge in [-0.05, 0) is 25.0 Å². The van der Waals surface area contributed by atoms with Crippen molar-refractivity contribution in [1.29, 1.82) is 0 Å². The molecular weight excluding hydrogens is 354 g/mol. The van der Waals surface area contributed by atoms with E-state index in [2.05, 4.69) is 9.97 Å². The van der Waals surface area contributed by atoms with Gasteiger partial charge in [0.2, 0.25) is 15.9 Å². The minimum atomic E-state index is -3.42. The topological polar surface area (TPSA) is 86.7 Å². The van der Waals surface area contributed by atoms with Gasteiger partial charge in [0.25, 0.3) is 0 Å². The monoisotopic (exact) mass is 375 g/mol. The molecule has 9 heteroatoms. The zero-order valence-electron chi connectivity index (χ0n) is 14.8. The SMILES string of the molecule is CN1CCN(C(=O)C2CCCN2S(C)(=O)=O)c2nc3ccccc3nc21. The van der Waals surface area contributed by atoms with E-state index in [0.717, 1.165) is 11.8 Å². The van der Waals surface area contributed by atoms with E-state index in [1.54, 1.807) is 4.90 Å². The molecule has 1 unspecified atom stereocenters. The molecule has 1 atom stereocenters. The number of fused-ring (bicyclic) bond motifs is 2. The zero-order valence-corrected chi connectivity index (χ0v) is 15.6. The van der Waals surface area contributed by atoms with Gasteiger partial charge in [0, 0.05) is 26.7 Å². The summed E-state index contributed by atoms with van der Waals surface area (Å²) < 4.78 is 25.4. The third kappa shape index (κ3) is 2.80. The van der Waals surface area contributed by atoms with Gasteiger partial charge in [0.05, 0.1) is 17.3 Å². The highest BCUT2D eigenvalue weighted by atomic mass is 32.2. The molecule has 1 amide bonds. The molecule has 2 aromatic rings. The zero-order chi connectivity index (χ0) is 18.5. The maximum Gasteiger partial charge on any atom is 0.246 e. The highest BCUT2D eigenvalue weighted by molar-refractivity contribution is 7.88. The van der Waals surface area contributed by atoms with E-state index in [4.69, 9.17) is 0 Å². The molecule has 3 heterocycles. The van der Waals surface area contributed by atoms with E-state index in [1.807, 2.05) is 36.2 Å². The minimum Gasteiger partial charge on any atom is -0.355 e. The van der Waals surface area contributed by atoms with Gasteiger partial charge >= 0.3 is 0 Å². The van der Waals surface area contributed by atoms with Crippen LogP contribution in [0.1, 0.15) is 12.8 Å². The Labute approximate surface area is 152 Å². The van der Waals surface area contributed by atoms with Crippen molar-refractivity contribution in [2.24, 2.45) is 0 Å². The van der Waals surface area contributed by atoms with Gasteiger partial charge in [-0.3, -0.25) is 9.69 Å². The average molecular weight is 375 g/mol. The molecule has 1 aromatic carbocycles. The Hall–Kier alpha value is -2.26. The maximum absolute atomic E-state index is 13.2. The third-order valence-corrected chi connectivity index (χ3v) is 6.28. The molecular formula is C17H21N5O3S. The highest BCUT2D eigenvalue weighted by Gasteiger charge is 2.41. The van der Waals surface area contributed by atoms with Crippen molar-refractivity contribution in [3.63, 3.8) is 0 Å². The van der Waals surface area contributed by atoms with Gasteiger partial charge in [-0.2, -0.15) is 4.31 Å². The quantitative estimate of drug-likeness (QED) is 0.773. The summed E-state index contributed by atoms with van der Waals surface area (Å²) >= 11 is 0. The Morgan fingerprint density at radius 3 is 2.38 bits per heavy atom. The van der Waals surface area contributed by atoms with Crippen molar-refractivity contribution in [2.75, 3.05) is 42.7 Å². The molecule has 1 fully saturated rings. The van der Waals surface area contributed by atoms with Gasteiger partial charge in [-0.1, -0.05) is 12.1 Å². The molecule has 2 aliphatic rings. The number of para-hydroxylation sites is 2. The number of likely N-dealkylation sites (N-methyl/N-ethyl adjacent to an activating group) is 1. The van der Waals surface area contributed by atoms with E-state index in [1.165, 1.54) is 4.31 Å². The summed E-state index contributed by atoms with van der Waals surface area (Å²) in [5, 5.41) is 0. The van der Waals surface area contributed by atoms with Crippen LogP contribution in [0.25, 0.3) is 11.0 Å². The third-order valence-electron chi connectivity index (χ3n) is 4.99. The summed E-state index contributed by atoms with van der Waals surface area (Å²) in [4.78, 5) is 26.1. The van der Waals surface area contributed by atoms with E-state index in [-0.39, 0.29) is 5.91 Å². The minimum absolute atomic E-state index is 0.216. The number of anilines is 2. The number of sulfonamides is 1. The first-order valence-corrected chi connectivity index (χ1v) is 10.5. The Balaban J connectivity index is 1.76. The number of nitrogens with zero attached hydrogens (tertiary/aromatic N) is 5. The predicted molar refractivity (Wildman–Crippen MR) is 99.7 cm³/mol. The predicted octanol–water partition coefficient (Wildman–Crippen LogP) is 0.837. The van der Waals surface area contributed by atoms with Crippen LogP contribution in [0.15, 0.2) is 24.3 Å². The lowest BCUT2D eigenvalue weighted by molar-refractivity contribution is -0.121. The average Bonchev–Trinajstić information content (AvgIpc) is 3.10. The van der Waals surface area contributed by atoms with Crippen LogP contribution in [0.5, 0.6) is 0 Å². The van der Waals surface area contributed by atoms with Crippen LogP contribution in [0, 0.1) is 0 Å². The van der Waals surface area contributed by atoms with Crippen molar-refractivity contribution in [3.05, 3.63) is 24.3 Å². The van der Waals surface area contributed by atoms with Gasteiger partial charge in [-0.15, -0.1) is 0 Å². The van der Waals surface area contributed by atoms with Crippen LogP contribution in [0.4, 0.5) is 11.6 Å². The molecule has 26 heavy (non-hydrogen) atoms. The molecule has 0 N–H and O–H groups in total. The molecule has 8 nitrogen and oxygen atoms in total. The van der Waals surface area contributed by atoms with Gasteiger partial charge in [0.15, 0.2) is 11.6 Å². The number of rotatable bonds is 2. The van der Waals surface area contributed by atoms with E-state index >= 15 is 0 Å². The van der Waals surface area contributed by atoms with E-state index in [9.17, 15) is 13.2 Å². The van der Waals surface area contributed by atoms with Crippen molar-refractivity contribution in [1.82, 2.24) is 14.3 Å². The lowest BCUT2D eigenvalue weighted by atomic mass is 10.2. The summed E-state index contributed by atoms with van der Waals surface area (Å²) in [6.07, 6.45) is 2.38. The first kappa shape index (κ1) is 17.2. The Bertz CT molecular complexity index is 978. The smallest absolute Gasteiger partial charge is 0.246 e. The Morgan fingerprint density at radius 1 is 1.08 bits per heavy atom. The second-order valence-electron chi connectivity index (χ2n) is 6.80. The summed E-state index contributed by atoms with van der Waals surface area (Å²) in [5.41, 5.74) is 1.48. The number of benzene rings is 1. The molecule has 4 rings (SSSR count). The first-order valence-electron chi connectivity index (χ1n) is 8.62. The van der Waals surface area contributed by atoms with Crippen LogP contribution in [-0.4, -0.2) is 67.6 Å². The molecule has 0 aliphatic carbocycles. The van der Waals surface area contributed by atoms with Crippen molar-refractivity contribution < 1.29 is 13.2 Å². The maximum atomic E-state index is 13.2.